The van der Waals surface area contributed by atoms with Gasteiger partial charge in [0.1, 0.15) is 0 Å². The van der Waals surface area contributed by atoms with Gasteiger partial charge in [-0.15, -0.1) is 0 Å². The minimum absolute atomic E-state index is 0.0219. The molecular formula is C13H21NO2. The minimum Gasteiger partial charge on any atom is -0.394 e. The number of hydrogen-bond acceptors (Lipinski definition) is 3. The van der Waals surface area contributed by atoms with Crippen LogP contribution in [0.3, 0.4) is 0 Å². The molecule has 3 nitrogen and oxygen atoms in total. The summed E-state index contributed by atoms with van der Waals surface area (Å²) in [4.78, 5) is 0. The molecule has 2 rings (SSSR count). The molecule has 90 valence electrons. The molecule has 1 fully saturated rings. The van der Waals surface area contributed by atoms with Crippen LogP contribution < -0.4 is 5.32 Å². The molecule has 0 saturated carbocycles. The number of benzene rings is 1. The maximum Gasteiger partial charge on any atom is 0.0695 e. The Bertz CT molecular complexity index is 302. The van der Waals surface area contributed by atoms with E-state index in [-0.39, 0.29) is 12.7 Å². The molecule has 0 aromatic heterocycles. The van der Waals surface area contributed by atoms with Gasteiger partial charge in [0.05, 0.1) is 18.2 Å². The van der Waals surface area contributed by atoms with Crippen LogP contribution in [0.5, 0.6) is 0 Å². The average Bonchev–Trinajstić information content (AvgIpc) is 2.76. The number of nitrogens with one attached hydrogen (secondary N) is 1. The van der Waals surface area contributed by atoms with Crippen LogP contribution in [-0.2, 0) is 5.54 Å². The van der Waals surface area contributed by atoms with Gasteiger partial charge in [-0.05, 0) is 12.0 Å². The third-order valence-electron chi connectivity index (χ3n) is 2.86. The molecule has 0 bridgehead atoms. The molecule has 1 saturated heterocycles. The van der Waals surface area contributed by atoms with Gasteiger partial charge in [-0.2, -0.15) is 0 Å². The SMILES string of the molecule is CC.OC[C@@]1(c2ccccc2)CC(O)CN1. The van der Waals surface area contributed by atoms with Crippen molar-refractivity contribution in [2.75, 3.05) is 13.2 Å². The summed E-state index contributed by atoms with van der Waals surface area (Å²) < 4.78 is 0. The van der Waals surface area contributed by atoms with Gasteiger partial charge in [-0.1, -0.05) is 44.2 Å². The van der Waals surface area contributed by atoms with Crippen LogP contribution in [0, 0.1) is 0 Å². The summed E-state index contributed by atoms with van der Waals surface area (Å²) in [6, 6.07) is 9.78. The summed E-state index contributed by atoms with van der Waals surface area (Å²) >= 11 is 0. The number of hydrogen-bond donors (Lipinski definition) is 3. The largest absolute Gasteiger partial charge is 0.394 e. The molecule has 1 aliphatic heterocycles. The number of β-amino-alcohol motifs (C(OH)–C–C–N with tert-alkyl or cyclic N) is 1. The van der Waals surface area contributed by atoms with E-state index in [2.05, 4.69) is 5.32 Å². The Labute approximate surface area is 97.1 Å². The van der Waals surface area contributed by atoms with E-state index in [9.17, 15) is 10.2 Å². The second-order valence-corrected chi connectivity index (χ2v) is 3.85. The maximum atomic E-state index is 9.48. The standard InChI is InChI=1S/C11H15NO2.C2H6/c13-8-11(6-10(14)7-12-11)9-4-2-1-3-5-9;1-2/h1-5,10,12-14H,6-8H2;1-2H3/t10?,11-;/m1./s1. The second kappa shape index (κ2) is 5.99. The lowest BCUT2D eigenvalue weighted by molar-refractivity contribution is 0.146. The lowest BCUT2D eigenvalue weighted by Gasteiger charge is -2.27. The zero-order valence-corrected chi connectivity index (χ0v) is 9.98. The van der Waals surface area contributed by atoms with Crippen molar-refractivity contribution in [1.82, 2.24) is 5.32 Å². The Morgan fingerprint density at radius 1 is 1.31 bits per heavy atom. The van der Waals surface area contributed by atoms with Gasteiger partial charge in [-0.25, -0.2) is 0 Å². The lowest BCUT2D eigenvalue weighted by atomic mass is 9.89. The summed E-state index contributed by atoms with van der Waals surface area (Å²) in [7, 11) is 0. The smallest absolute Gasteiger partial charge is 0.0695 e. The Morgan fingerprint density at radius 2 is 1.94 bits per heavy atom. The maximum absolute atomic E-state index is 9.48. The van der Waals surface area contributed by atoms with Gasteiger partial charge in [0.15, 0.2) is 0 Å². The van der Waals surface area contributed by atoms with Crippen molar-refractivity contribution in [3.05, 3.63) is 35.9 Å². The number of rotatable bonds is 2. The number of aliphatic hydroxyl groups is 2. The van der Waals surface area contributed by atoms with Crippen LogP contribution in [0.1, 0.15) is 25.8 Å². The lowest BCUT2D eigenvalue weighted by Crippen LogP contribution is -2.40. The monoisotopic (exact) mass is 223 g/mol. The fourth-order valence-corrected chi connectivity index (χ4v) is 2.05. The van der Waals surface area contributed by atoms with Crippen molar-refractivity contribution in [3.8, 4) is 0 Å². The molecule has 3 heteroatoms. The van der Waals surface area contributed by atoms with Gasteiger partial charge >= 0.3 is 0 Å². The van der Waals surface area contributed by atoms with E-state index in [0.717, 1.165) is 5.56 Å². The van der Waals surface area contributed by atoms with Crippen molar-refractivity contribution < 1.29 is 10.2 Å². The van der Waals surface area contributed by atoms with Crippen LogP contribution >= 0.6 is 0 Å². The molecule has 1 unspecified atom stereocenters. The van der Waals surface area contributed by atoms with Crippen molar-refractivity contribution in [3.63, 3.8) is 0 Å². The third-order valence-corrected chi connectivity index (χ3v) is 2.86. The van der Waals surface area contributed by atoms with Gasteiger partial charge in [0.2, 0.25) is 0 Å². The molecule has 1 aliphatic rings. The quantitative estimate of drug-likeness (QED) is 0.707. The molecule has 0 amide bonds. The van der Waals surface area contributed by atoms with E-state index in [0.29, 0.717) is 13.0 Å². The third kappa shape index (κ3) is 2.61. The molecule has 0 radical (unpaired) electrons. The fourth-order valence-electron chi connectivity index (χ4n) is 2.05. The second-order valence-electron chi connectivity index (χ2n) is 3.85. The highest BCUT2D eigenvalue weighted by Crippen LogP contribution is 2.30. The topological polar surface area (TPSA) is 52.5 Å². The highest BCUT2D eigenvalue weighted by atomic mass is 16.3. The Morgan fingerprint density at radius 3 is 2.38 bits per heavy atom. The van der Waals surface area contributed by atoms with E-state index in [4.69, 9.17) is 0 Å². The Balaban J connectivity index is 0.000000606. The summed E-state index contributed by atoms with van der Waals surface area (Å²) in [5.41, 5.74) is 0.597. The average molecular weight is 223 g/mol. The molecule has 2 atom stereocenters. The van der Waals surface area contributed by atoms with E-state index < -0.39 is 5.54 Å². The van der Waals surface area contributed by atoms with Crippen LogP contribution in [-0.4, -0.2) is 29.5 Å². The van der Waals surface area contributed by atoms with Crippen molar-refractivity contribution in [1.29, 1.82) is 0 Å². The molecule has 0 spiro atoms. The molecule has 16 heavy (non-hydrogen) atoms. The minimum atomic E-state index is -0.444. The van der Waals surface area contributed by atoms with Crippen molar-refractivity contribution in [2.45, 2.75) is 31.9 Å². The first-order valence-electron chi connectivity index (χ1n) is 5.86. The van der Waals surface area contributed by atoms with Gasteiger partial charge in [0, 0.05) is 6.54 Å². The van der Waals surface area contributed by atoms with E-state index in [1.807, 2.05) is 44.2 Å². The molecule has 3 N–H and O–H groups in total. The first kappa shape index (κ1) is 13.2. The van der Waals surface area contributed by atoms with E-state index in [1.54, 1.807) is 0 Å². The van der Waals surface area contributed by atoms with Gasteiger partial charge in [-0.3, -0.25) is 0 Å². The Kier molecular flexibility index (Phi) is 4.93. The highest BCUT2D eigenvalue weighted by molar-refractivity contribution is 5.26. The normalized spacial score (nSPS) is 28.4. The van der Waals surface area contributed by atoms with Crippen LogP contribution in [0.15, 0.2) is 30.3 Å². The number of aliphatic hydroxyl groups excluding tert-OH is 2. The summed E-state index contributed by atoms with van der Waals surface area (Å²) in [6.45, 7) is 4.57. The predicted molar refractivity (Wildman–Crippen MR) is 65.2 cm³/mol. The van der Waals surface area contributed by atoms with Crippen LogP contribution in [0.4, 0.5) is 0 Å². The van der Waals surface area contributed by atoms with Crippen LogP contribution in [0.2, 0.25) is 0 Å². The molecular weight excluding hydrogens is 202 g/mol. The molecule has 1 aromatic carbocycles. The van der Waals surface area contributed by atoms with E-state index in [1.165, 1.54) is 0 Å². The first-order valence-corrected chi connectivity index (χ1v) is 5.86. The molecule has 1 heterocycles. The van der Waals surface area contributed by atoms with Crippen LogP contribution in [0.25, 0.3) is 0 Å². The summed E-state index contributed by atoms with van der Waals surface area (Å²) in [6.07, 6.45) is 0.218. The van der Waals surface area contributed by atoms with Gasteiger partial charge < -0.3 is 15.5 Å². The zero-order chi connectivity index (χ0) is 12.0. The van der Waals surface area contributed by atoms with E-state index >= 15 is 0 Å². The molecule has 0 aliphatic carbocycles. The summed E-state index contributed by atoms with van der Waals surface area (Å²) in [5, 5.41) is 22.1. The molecule has 1 aromatic rings. The zero-order valence-electron chi connectivity index (χ0n) is 9.98. The Hall–Kier alpha value is -0.900. The highest BCUT2D eigenvalue weighted by Gasteiger charge is 2.38. The summed E-state index contributed by atoms with van der Waals surface area (Å²) in [5.74, 6) is 0. The fraction of sp³-hybridized carbons (Fsp3) is 0.538. The van der Waals surface area contributed by atoms with Crippen molar-refractivity contribution in [2.24, 2.45) is 0 Å². The van der Waals surface area contributed by atoms with Gasteiger partial charge in [0.25, 0.3) is 0 Å². The predicted octanol–water partition coefficient (Wildman–Crippen LogP) is 1.25. The van der Waals surface area contributed by atoms with Crippen molar-refractivity contribution >= 4 is 0 Å². The first-order chi connectivity index (χ1) is 7.77.